The van der Waals surface area contributed by atoms with Crippen molar-refractivity contribution in [3.63, 3.8) is 0 Å². The fraction of sp³-hybridized carbons (Fsp3) is 0.154. The van der Waals surface area contributed by atoms with Crippen molar-refractivity contribution >= 4 is 11.9 Å². The Balaban J connectivity index is 2.00. The van der Waals surface area contributed by atoms with E-state index in [1.807, 2.05) is 42.5 Å². The highest BCUT2D eigenvalue weighted by Crippen LogP contribution is 2.11. The van der Waals surface area contributed by atoms with Crippen LogP contribution in [0.1, 0.15) is 12.0 Å². The van der Waals surface area contributed by atoms with Crippen LogP contribution in [-0.4, -0.2) is 11.9 Å². The minimum atomic E-state index is -0.122. The molecule has 15 heavy (non-hydrogen) atoms. The second-order valence-corrected chi connectivity index (χ2v) is 3.42. The van der Waals surface area contributed by atoms with Gasteiger partial charge in [0.2, 0.25) is 0 Å². The monoisotopic (exact) mass is 200 g/mol. The van der Waals surface area contributed by atoms with Crippen molar-refractivity contribution in [1.82, 2.24) is 0 Å². The lowest BCUT2D eigenvalue weighted by atomic mass is 10.1. The van der Waals surface area contributed by atoms with Crippen molar-refractivity contribution in [3.05, 3.63) is 54.3 Å². The zero-order chi connectivity index (χ0) is 10.5. The van der Waals surface area contributed by atoms with Gasteiger partial charge < -0.3 is 4.74 Å². The molecular formula is C13H12O2. The van der Waals surface area contributed by atoms with E-state index in [4.69, 9.17) is 4.74 Å². The molecule has 1 unspecified atom stereocenters. The van der Waals surface area contributed by atoms with Crippen LogP contribution >= 0.6 is 0 Å². The van der Waals surface area contributed by atoms with Crippen molar-refractivity contribution in [2.24, 2.45) is 0 Å². The number of ether oxygens (including phenoxy) is 1. The number of benzene rings is 1. The van der Waals surface area contributed by atoms with E-state index in [2.05, 4.69) is 0 Å². The summed E-state index contributed by atoms with van der Waals surface area (Å²) in [4.78, 5) is 11.1. The molecule has 1 atom stereocenters. The van der Waals surface area contributed by atoms with Crippen molar-refractivity contribution in [1.29, 1.82) is 0 Å². The van der Waals surface area contributed by atoms with Gasteiger partial charge in [-0.15, -0.1) is 0 Å². The van der Waals surface area contributed by atoms with Crippen LogP contribution in [0.4, 0.5) is 0 Å². The Kier molecular flexibility index (Phi) is 2.98. The van der Waals surface area contributed by atoms with Gasteiger partial charge in [0.15, 0.2) is 5.78 Å². The topological polar surface area (TPSA) is 26.3 Å². The number of hydrogen-bond donors (Lipinski definition) is 0. The normalized spacial score (nSPS) is 20.5. The third-order valence-electron chi connectivity index (χ3n) is 2.21. The molecular weight excluding hydrogens is 188 g/mol. The molecule has 0 radical (unpaired) electrons. The van der Waals surface area contributed by atoms with Crippen LogP contribution < -0.4 is 0 Å². The highest BCUT2D eigenvalue weighted by molar-refractivity contribution is 5.90. The van der Waals surface area contributed by atoms with Gasteiger partial charge in [0.1, 0.15) is 6.10 Å². The number of ketones is 1. The first-order valence-electron chi connectivity index (χ1n) is 4.93. The Bertz CT molecular complexity index is 390. The minimum absolute atomic E-state index is 0.115. The summed E-state index contributed by atoms with van der Waals surface area (Å²) in [7, 11) is 0. The van der Waals surface area contributed by atoms with E-state index in [9.17, 15) is 4.79 Å². The van der Waals surface area contributed by atoms with Crippen LogP contribution in [0, 0.1) is 0 Å². The molecule has 1 aliphatic heterocycles. The molecule has 76 valence electrons. The number of rotatable bonds is 2. The van der Waals surface area contributed by atoms with Gasteiger partial charge in [-0.1, -0.05) is 36.4 Å². The van der Waals surface area contributed by atoms with Crippen molar-refractivity contribution < 1.29 is 9.53 Å². The zero-order valence-corrected chi connectivity index (χ0v) is 8.30. The summed E-state index contributed by atoms with van der Waals surface area (Å²) in [6.07, 6.45) is 7.12. The minimum Gasteiger partial charge on any atom is -0.493 e. The van der Waals surface area contributed by atoms with Gasteiger partial charge in [-0.25, -0.2) is 0 Å². The first-order chi connectivity index (χ1) is 7.34. The van der Waals surface area contributed by atoms with E-state index in [-0.39, 0.29) is 11.9 Å². The molecule has 0 fully saturated rings. The molecule has 2 heteroatoms. The first kappa shape index (κ1) is 9.71. The van der Waals surface area contributed by atoms with Gasteiger partial charge in [-0.3, -0.25) is 4.79 Å². The van der Waals surface area contributed by atoms with Gasteiger partial charge in [0.25, 0.3) is 0 Å². The van der Waals surface area contributed by atoms with E-state index in [0.717, 1.165) is 5.56 Å². The van der Waals surface area contributed by atoms with E-state index < -0.39 is 0 Å². The smallest absolute Gasteiger partial charge is 0.162 e. The summed E-state index contributed by atoms with van der Waals surface area (Å²) in [6.45, 7) is 0. The van der Waals surface area contributed by atoms with Crippen LogP contribution in [0.2, 0.25) is 0 Å². The van der Waals surface area contributed by atoms with Gasteiger partial charge in [-0.2, -0.15) is 0 Å². The molecule has 1 heterocycles. The molecule has 0 spiro atoms. The Morgan fingerprint density at radius 2 is 2.07 bits per heavy atom. The third-order valence-corrected chi connectivity index (χ3v) is 2.21. The molecule has 1 aromatic rings. The third kappa shape index (κ3) is 2.81. The molecule has 1 aliphatic rings. The Morgan fingerprint density at radius 1 is 1.27 bits per heavy atom. The summed E-state index contributed by atoms with van der Waals surface area (Å²) in [5.74, 6) is 0.115. The zero-order valence-electron chi connectivity index (χ0n) is 8.30. The molecule has 0 N–H and O–H groups in total. The second-order valence-electron chi connectivity index (χ2n) is 3.42. The molecule has 0 aromatic heterocycles. The highest BCUT2D eigenvalue weighted by atomic mass is 16.5. The van der Waals surface area contributed by atoms with Crippen LogP contribution in [0.5, 0.6) is 0 Å². The van der Waals surface area contributed by atoms with Crippen LogP contribution in [-0.2, 0) is 9.53 Å². The molecule has 0 aliphatic carbocycles. The quantitative estimate of drug-likeness (QED) is 0.733. The average Bonchev–Trinajstić information content (AvgIpc) is 2.28. The Labute approximate surface area is 88.9 Å². The maximum Gasteiger partial charge on any atom is 0.162 e. The predicted octanol–water partition coefficient (Wildman–Crippen LogP) is 2.57. The van der Waals surface area contributed by atoms with Crippen LogP contribution in [0.15, 0.2) is 48.7 Å². The number of carbonyl (C=O) groups excluding carboxylic acids is 1. The van der Waals surface area contributed by atoms with Crippen molar-refractivity contribution in [2.75, 3.05) is 0 Å². The molecule has 0 saturated carbocycles. The van der Waals surface area contributed by atoms with Crippen LogP contribution in [0.3, 0.4) is 0 Å². The van der Waals surface area contributed by atoms with E-state index in [0.29, 0.717) is 6.42 Å². The predicted molar refractivity (Wildman–Crippen MR) is 59.1 cm³/mol. The fourth-order valence-electron chi connectivity index (χ4n) is 1.43. The van der Waals surface area contributed by atoms with Gasteiger partial charge >= 0.3 is 0 Å². The number of allylic oxidation sites excluding steroid dienone is 1. The maximum atomic E-state index is 11.1. The first-order valence-corrected chi connectivity index (χ1v) is 4.93. The lowest BCUT2D eigenvalue weighted by Crippen LogP contribution is -2.15. The summed E-state index contributed by atoms with van der Waals surface area (Å²) >= 11 is 0. The van der Waals surface area contributed by atoms with Crippen molar-refractivity contribution in [3.8, 4) is 0 Å². The van der Waals surface area contributed by atoms with E-state index >= 15 is 0 Å². The Hall–Kier alpha value is -1.83. The summed E-state index contributed by atoms with van der Waals surface area (Å²) < 4.78 is 5.28. The van der Waals surface area contributed by atoms with Crippen LogP contribution in [0.25, 0.3) is 6.08 Å². The standard InChI is InChI=1S/C13H12O2/c14-12-8-9-15-13(10-12)7-6-11-4-2-1-3-5-11/h1-9,13H,10H2/b7-6-. The number of hydrogen-bond acceptors (Lipinski definition) is 2. The molecule has 2 rings (SSSR count). The lowest BCUT2D eigenvalue weighted by Gasteiger charge is -2.14. The SMILES string of the molecule is O=C1C=COC(/C=C\c2ccccc2)C1. The van der Waals surface area contributed by atoms with Gasteiger partial charge in [0.05, 0.1) is 12.7 Å². The average molecular weight is 200 g/mol. The van der Waals surface area contributed by atoms with E-state index in [1.165, 1.54) is 12.3 Å². The molecule has 0 saturated heterocycles. The summed E-state index contributed by atoms with van der Waals surface area (Å²) in [5, 5.41) is 0. The summed E-state index contributed by atoms with van der Waals surface area (Å²) in [5.41, 5.74) is 1.11. The molecule has 2 nitrogen and oxygen atoms in total. The fourth-order valence-corrected chi connectivity index (χ4v) is 1.43. The van der Waals surface area contributed by atoms with E-state index in [1.54, 1.807) is 0 Å². The van der Waals surface area contributed by atoms with Crippen molar-refractivity contribution in [2.45, 2.75) is 12.5 Å². The van der Waals surface area contributed by atoms with Gasteiger partial charge in [0, 0.05) is 6.08 Å². The highest BCUT2D eigenvalue weighted by Gasteiger charge is 2.12. The van der Waals surface area contributed by atoms with Gasteiger partial charge in [-0.05, 0) is 11.6 Å². The molecule has 0 amide bonds. The Morgan fingerprint density at radius 3 is 2.80 bits per heavy atom. The largest absolute Gasteiger partial charge is 0.493 e. The molecule has 0 bridgehead atoms. The summed E-state index contributed by atoms with van der Waals surface area (Å²) in [6, 6.07) is 9.95. The second kappa shape index (κ2) is 4.60. The maximum absolute atomic E-state index is 11.1. The number of carbonyl (C=O) groups is 1. The molecule has 1 aromatic carbocycles. The lowest BCUT2D eigenvalue weighted by molar-refractivity contribution is -0.117.